The first-order valence-electron chi connectivity index (χ1n) is 5.24. The zero-order valence-corrected chi connectivity index (χ0v) is 13.6. The van der Waals surface area contributed by atoms with Crippen LogP contribution in [0.2, 0.25) is 10.4 Å². The number of halogens is 4. The minimum absolute atomic E-state index is 0.0700. The minimum atomic E-state index is -0.304. The van der Waals surface area contributed by atoms with Crippen LogP contribution >= 0.6 is 46.4 Å². The Balaban J connectivity index is 3.12. The van der Waals surface area contributed by atoms with Crippen molar-refractivity contribution < 1.29 is 0 Å². The number of aliphatic imine (C=N–C) groups is 1. The van der Waals surface area contributed by atoms with E-state index in [1.54, 1.807) is 25.8 Å². The average Bonchev–Trinajstić information content (AvgIpc) is 2.25. The van der Waals surface area contributed by atoms with Crippen molar-refractivity contribution in [1.82, 2.24) is 14.9 Å². The maximum atomic E-state index is 6.03. The quantitative estimate of drug-likeness (QED) is 0.207. The van der Waals surface area contributed by atoms with Gasteiger partial charge in [0.05, 0.1) is 17.0 Å². The Labute approximate surface area is 132 Å². The first-order valence-corrected chi connectivity index (χ1v) is 6.81. The van der Waals surface area contributed by atoms with Crippen molar-refractivity contribution in [3.8, 4) is 0 Å². The van der Waals surface area contributed by atoms with E-state index in [2.05, 4.69) is 21.5 Å². The Morgan fingerprint density at radius 2 is 1.95 bits per heavy atom. The lowest BCUT2D eigenvalue weighted by molar-refractivity contribution is 0.500. The van der Waals surface area contributed by atoms with Gasteiger partial charge >= 0.3 is 0 Å². The van der Waals surface area contributed by atoms with E-state index in [-0.39, 0.29) is 21.2 Å². The normalized spacial score (nSPS) is 13.3. The lowest BCUT2D eigenvalue weighted by Gasteiger charge is -2.19. The van der Waals surface area contributed by atoms with Crippen LogP contribution in [0.4, 0.5) is 0 Å². The van der Waals surface area contributed by atoms with Gasteiger partial charge in [0.2, 0.25) is 5.28 Å². The highest BCUT2D eigenvalue weighted by atomic mass is 35.5. The van der Waals surface area contributed by atoms with Gasteiger partial charge in [-0.05, 0) is 37.0 Å². The van der Waals surface area contributed by atoms with Crippen molar-refractivity contribution in [3.05, 3.63) is 28.3 Å². The monoisotopic (exact) mass is 340 g/mol. The van der Waals surface area contributed by atoms with E-state index in [1.807, 2.05) is 0 Å². The molecule has 104 valence electrons. The molecular formula is C11H12Cl4N4. The summed E-state index contributed by atoms with van der Waals surface area (Å²) in [4.78, 5) is 13.6. The highest BCUT2D eigenvalue weighted by molar-refractivity contribution is 6.65. The van der Waals surface area contributed by atoms with Crippen LogP contribution in [0.3, 0.4) is 0 Å². The summed E-state index contributed by atoms with van der Waals surface area (Å²) in [6.07, 6.45) is 0. The third kappa shape index (κ3) is 4.21. The van der Waals surface area contributed by atoms with Gasteiger partial charge in [0, 0.05) is 7.05 Å². The molecule has 0 fully saturated rings. The summed E-state index contributed by atoms with van der Waals surface area (Å²) in [7, 11) is 1.71. The standard InChI is InChI=1S/C11H12Cl4N4/c1-5-8(9(13)18-10(14)16-5)6(2)17-11(15)19(4)7(3)12/h7H,2H2,1,3-4H3/b17-11-. The van der Waals surface area contributed by atoms with E-state index in [9.17, 15) is 0 Å². The van der Waals surface area contributed by atoms with Gasteiger partial charge in [-0.1, -0.05) is 29.8 Å². The second kappa shape index (κ2) is 6.75. The predicted octanol–water partition coefficient (Wildman–Crippen LogP) is 4.17. The van der Waals surface area contributed by atoms with Crippen LogP contribution < -0.4 is 0 Å². The van der Waals surface area contributed by atoms with Gasteiger partial charge in [0.25, 0.3) is 0 Å². The van der Waals surface area contributed by atoms with Gasteiger partial charge in [-0.15, -0.1) is 0 Å². The van der Waals surface area contributed by atoms with Crippen molar-refractivity contribution >= 4 is 57.4 Å². The van der Waals surface area contributed by atoms with Crippen LogP contribution in [0, 0.1) is 6.92 Å². The SMILES string of the molecule is C=C(/N=C(/Cl)N(C)C(C)Cl)c1c(C)nc(Cl)nc1Cl. The fourth-order valence-corrected chi connectivity index (χ4v) is 2.20. The van der Waals surface area contributed by atoms with Crippen LogP contribution in [0.25, 0.3) is 5.70 Å². The molecule has 0 radical (unpaired) electrons. The first-order chi connectivity index (χ1) is 8.73. The van der Waals surface area contributed by atoms with Gasteiger partial charge in [-0.2, -0.15) is 0 Å². The summed E-state index contributed by atoms with van der Waals surface area (Å²) in [6, 6.07) is 0. The molecule has 0 spiro atoms. The Morgan fingerprint density at radius 3 is 2.42 bits per heavy atom. The molecule has 0 amide bonds. The van der Waals surface area contributed by atoms with E-state index in [4.69, 9.17) is 46.4 Å². The molecule has 0 aliphatic carbocycles. The summed E-state index contributed by atoms with van der Waals surface area (Å²) in [5, 5.41) is 0.441. The average molecular weight is 342 g/mol. The molecule has 0 saturated carbocycles. The molecule has 1 aromatic rings. The predicted molar refractivity (Wildman–Crippen MR) is 82.2 cm³/mol. The van der Waals surface area contributed by atoms with Crippen molar-refractivity contribution in [2.45, 2.75) is 19.3 Å². The largest absolute Gasteiger partial charge is 0.334 e. The summed E-state index contributed by atoms with van der Waals surface area (Å²) in [6.45, 7) is 7.31. The third-order valence-electron chi connectivity index (χ3n) is 2.36. The van der Waals surface area contributed by atoms with Crippen molar-refractivity contribution in [2.75, 3.05) is 7.05 Å². The van der Waals surface area contributed by atoms with E-state index >= 15 is 0 Å². The molecule has 19 heavy (non-hydrogen) atoms. The topological polar surface area (TPSA) is 41.4 Å². The summed E-state index contributed by atoms with van der Waals surface area (Å²) in [5.74, 6) is 0. The van der Waals surface area contributed by atoms with Crippen molar-refractivity contribution in [3.63, 3.8) is 0 Å². The van der Waals surface area contributed by atoms with Crippen LogP contribution in [-0.2, 0) is 0 Å². The van der Waals surface area contributed by atoms with Gasteiger partial charge in [-0.3, -0.25) is 0 Å². The fraction of sp³-hybridized carbons (Fsp3) is 0.364. The van der Waals surface area contributed by atoms with Crippen molar-refractivity contribution in [2.24, 2.45) is 4.99 Å². The molecule has 0 aliphatic rings. The highest BCUT2D eigenvalue weighted by Crippen LogP contribution is 2.26. The number of amidine groups is 1. The Morgan fingerprint density at radius 1 is 1.37 bits per heavy atom. The molecule has 8 heteroatoms. The Kier molecular flexibility index (Phi) is 5.86. The van der Waals surface area contributed by atoms with Gasteiger partial charge in [0.15, 0.2) is 5.29 Å². The smallest absolute Gasteiger partial charge is 0.224 e. The molecule has 1 heterocycles. The molecule has 1 atom stereocenters. The van der Waals surface area contributed by atoms with E-state index < -0.39 is 0 Å². The van der Waals surface area contributed by atoms with Gasteiger partial charge in [-0.25, -0.2) is 15.0 Å². The number of alkyl halides is 1. The second-order valence-corrected chi connectivity index (χ2v) is 5.42. The maximum absolute atomic E-state index is 6.03. The Hall–Kier alpha value is -0.550. The third-order valence-corrected chi connectivity index (χ3v) is 3.45. The number of aromatic nitrogens is 2. The second-order valence-electron chi connectivity index (χ2n) is 3.76. The lowest BCUT2D eigenvalue weighted by Crippen LogP contribution is -2.27. The first kappa shape index (κ1) is 16.5. The van der Waals surface area contributed by atoms with Gasteiger partial charge in [0.1, 0.15) is 10.7 Å². The zero-order chi connectivity index (χ0) is 14.7. The molecular weight excluding hydrogens is 330 g/mol. The summed E-state index contributed by atoms with van der Waals surface area (Å²) in [5.41, 5.74) is 1.11. The molecule has 1 rings (SSSR count). The number of hydrogen-bond donors (Lipinski definition) is 0. The zero-order valence-electron chi connectivity index (χ0n) is 10.6. The lowest BCUT2D eigenvalue weighted by atomic mass is 10.2. The van der Waals surface area contributed by atoms with Crippen LogP contribution in [0.1, 0.15) is 18.2 Å². The van der Waals surface area contributed by atoms with Crippen molar-refractivity contribution in [1.29, 1.82) is 0 Å². The molecule has 4 nitrogen and oxygen atoms in total. The molecule has 1 unspecified atom stereocenters. The molecule has 0 aliphatic heterocycles. The van der Waals surface area contributed by atoms with Crippen LogP contribution in [0.5, 0.6) is 0 Å². The van der Waals surface area contributed by atoms with E-state index in [0.29, 0.717) is 17.0 Å². The van der Waals surface area contributed by atoms with E-state index in [0.717, 1.165) is 0 Å². The molecule has 1 aromatic heterocycles. The fourth-order valence-electron chi connectivity index (χ4n) is 1.23. The number of aryl methyl sites for hydroxylation is 1. The summed E-state index contributed by atoms with van der Waals surface area (Å²) >= 11 is 23.6. The highest BCUT2D eigenvalue weighted by Gasteiger charge is 2.14. The molecule has 0 bridgehead atoms. The van der Waals surface area contributed by atoms with Crippen LogP contribution in [-0.4, -0.2) is 32.7 Å². The van der Waals surface area contributed by atoms with Gasteiger partial charge < -0.3 is 4.90 Å². The number of hydrogen-bond acceptors (Lipinski definition) is 3. The molecule has 0 aromatic carbocycles. The minimum Gasteiger partial charge on any atom is -0.334 e. The summed E-state index contributed by atoms with van der Waals surface area (Å²) < 4.78 is 0. The Bertz CT molecular complexity index is 504. The van der Waals surface area contributed by atoms with E-state index in [1.165, 1.54) is 0 Å². The maximum Gasteiger partial charge on any atom is 0.224 e. The molecule has 0 N–H and O–H groups in total. The number of nitrogens with zero attached hydrogens (tertiary/aromatic N) is 4. The number of rotatable bonds is 3. The van der Waals surface area contributed by atoms with Crippen LogP contribution in [0.15, 0.2) is 11.6 Å². The molecule has 0 saturated heterocycles.